The molecule has 0 unspecified atom stereocenters. The number of benzene rings is 1. The van der Waals surface area contributed by atoms with Crippen molar-refractivity contribution in [2.24, 2.45) is 0 Å². The molecule has 0 bridgehead atoms. The van der Waals surface area contributed by atoms with Crippen molar-refractivity contribution in [2.75, 3.05) is 13.1 Å². The van der Waals surface area contributed by atoms with Crippen molar-refractivity contribution in [1.29, 1.82) is 0 Å². The zero-order valence-corrected chi connectivity index (χ0v) is 16.6. The van der Waals surface area contributed by atoms with E-state index in [1.807, 2.05) is 20.8 Å². The summed E-state index contributed by atoms with van der Waals surface area (Å²) in [5.74, 6) is -0.973. The van der Waals surface area contributed by atoms with Crippen molar-refractivity contribution in [1.82, 2.24) is 9.88 Å². The van der Waals surface area contributed by atoms with E-state index in [0.717, 1.165) is 24.1 Å². The second-order valence-electron chi connectivity index (χ2n) is 8.09. The maximum atomic E-state index is 12.4. The highest BCUT2D eigenvalue weighted by Gasteiger charge is 2.24. The molecular formula is C22H26N2O4. The zero-order valence-electron chi connectivity index (χ0n) is 16.6. The quantitative estimate of drug-likeness (QED) is 0.875. The van der Waals surface area contributed by atoms with E-state index in [0.29, 0.717) is 19.5 Å². The topological polar surface area (TPSA) is 79.7 Å². The van der Waals surface area contributed by atoms with Crippen LogP contribution in [0.5, 0.6) is 0 Å². The highest BCUT2D eigenvalue weighted by molar-refractivity contribution is 5.87. The minimum absolute atomic E-state index is 0.188. The molecule has 1 N–H and O–H groups in total. The Balaban J connectivity index is 1.68. The van der Waals surface area contributed by atoms with Gasteiger partial charge in [-0.2, -0.15) is 0 Å². The SMILES string of the molecule is CC(C)(C)OC(=O)N1CCc2ccc(Cc3ccc(C(=O)O)cn3)cc2CC1. The highest BCUT2D eigenvalue weighted by atomic mass is 16.6. The van der Waals surface area contributed by atoms with E-state index in [2.05, 4.69) is 23.2 Å². The van der Waals surface area contributed by atoms with Gasteiger partial charge >= 0.3 is 12.1 Å². The number of amides is 1. The lowest BCUT2D eigenvalue weighted by Gasteiger charge is -2.26. The average molecular weight is 382 g/mol. The van der Waals surface area contributed by atoms with E-state index in [4.69, 9.17) is 9.84 Å². The van der Waals surface area contributed by atoms with Crippen molar-refractivity contribution in [3.8, 4) is 0 Å². The molecular weight excluding hydrogens is 356 g/mol. The minimum atomic E-state index is -0.973. The van der Waals surface area contributed by atoms with Gasteiger partial charge in [-0.15, -0.1) is 0 Å². The van der Waals surface area contributed by atoms with Gasteiger partial charge in [0.05, 0.1) is 5.56 Å². The summed E-state index contributed by atoms with van der Waals surface area (Å²) in [7, 11) is 0. The van der Waals surface area contributed by atoms with Crippen LogP contribution in [0, 0.1) is 0 Å². The number of carboxylic acids is 1. The number of carbonyl (C=O) groups is 2. The van der Waals surface area contributed by atoms with Crippen molar-refractivity contribution in [2.45, 2.75) is 45.6 Å². The summed E-state index contributed by atoms with van der Waals surface area (Å²) >= 11 is 0. The van der Waals surface area contributed by atoms with Gasteiger partial charge in [-0.3, -0.25) is 4.98 Å². The van der Waals surface area contributed by atoms with Crippen LogP contribution in [0.1, 0.15) is 53.5 Å². The van der Waals surface area contributed by atoms with Gasteiger partial charge in [0.2, 0.25) is 0 Å². The molecule has 3 rings (SSSR count). The molecule has 1 aliphatic rings. The van der Waals surface area contributed by atoms with Crippen LogP contribution in [-0.2, 0) is 24.0 Å². The first kappa shape index (κ1) is 19.9. The lowest BCUT2D eigenvalue weighted by atomic mass is 9.98. The molecule has 2 aromatic rings. The number of carboxylic acid groups (broad SMARTS) is 1. The number of nitrogens with zero attached hydrogens (tertiary/aromatic N) is 2. The number of hydrogen-bond donors (Lipinski definition) is 1. The number of hydrogen-bond acceptors (Lipinski definition) is 4. The number of rotatable bonds is 3. The molecule has 0 saturated carbocycles. The smallest absolute Gasteiger partial charge is 0.410 e. The predicted molar refractivity (Wildman–Crippen MR) is 106 cm³/mol. The summed E-state index contributed by atoms with van der Waals surface area (Å²) in [5, 5.41) is 8.97. The lowest BCUT2D eigenvalue weighted by molar-refractivity contribution is 0.0258. The van der Waals surface area contributed by atoms with E-state index in [1.54, 1.807) is 17.0 Å². The molecule has 0 aliphatic carbocycles. The third kappa shape index (κ3) is 5.09. The second kappa shape index (κ2) is 8.00. The number of carbonyl (C=O) groups excluding carboxylic acids is 1. The van der Waals surface area contributed by atoms with Crippen LogP contribution >= 0.6 is 0 Å². The molecule has 6 nitrogen and oxygen atoms in total. The van der Waals surface area contributed by atoms with Crippen LogP contribution in [0.25, 0.3) is 0 Å². The lowest BCUT2D eigenvalue weighted by Crippen LogP contribution is -2.38. The largest absolute Gasteiger partial charge is 0.478 e. The summed E-state index contributed by atoms with van der Waals surface area (Å²) in [4.78, 5) is 29.3. The van der Waals surface area contributed by atoms with Crippen molar-refractivity contribution in [3.63, 3.8) is 0 Å². The second-order valence-corrected chi connectivity index (χ2v) is 8.09. The molecule has 2 heterocycles. The predicted octanol–water partition coefficient (Wildman–Crippen LogP) is 3.71. The molecule has 0 saturated heterocycles. The van der Waals surface area contributed by atoms with E-state index in [-0.39, 0.29) is 11.7 Å². The summed E-state index contributed by atoms with van der Waals surface area (Å²) in [6.45, 7) is 6.92. The van der Waals surface area contributed by atoms with Crippen molar-refractivity contribution >= 4 is 12.1 Å². The van der Waals surface area contributed by atoms with E-state index >= 15 is 0 Å². The van der Waals surface area contributed by atoms with Gasteiger partial charge in [-0.25, -0.2) is 9.59 Å². The molecule has 0 radical (unpaired) electrons. The van der Waals surface area contributed by atoms with Crippen molar-refractivity contribution < 1.29 is 19.4 Å². The Kier molecular flexibility index (Phi) is 5.68. The first-order valence-corrected chi connectivity index (χ1v) is 9.48. The number of ether oxygens (including phenoxy) is 1. The molecule has 1 aromatic heterocycles. The van der Waals surface area contributed by atoms with Gasteiger partial charge < -0.3 is 14.7 Å². The molecule has 6 heteroatoms. The number of aromatic nitrogens is 1. The van der Waals surface area contributed by atoms with Gasteiger partial charge in [0.25, 0.3) is 0 Å². The van der Waals surface area contributed by atoms with E-state index < -0.39 is 11.6 Å². The molecule has 148 valence electrons. The molecule has 1 aliphatic heterocycles. The molecule has 0 fully saturated rings. The van der Waals surface area contributed by atoms with Crippen LogP contribution in [-0.4, -0.2) is 45.7 Å². The molecule has 1 aromatic carbocycles. The van der Waals surface area contributed by atoms with Crippen LogP contribution in [0.2, 0.25) is 0 Å². The van der Waals surface area contributed by atoms with Crippen LogP contribution in [0.4, 0.5) is 4.79 Å². The van der Waals surface area contributed by atoms with Crippen molar-refractivity contribution in [3.05, 3.63) is 64.5 Å². The van der Waals surface area contributed by atoms with Gasteiger partial charge in [0, 0.05) is 31.4 Å². The summed E-state index contributed by atoms with van der Waals surface area (Å²) < 4.78 is 5.50. The summed E-state index contributed by atoms with van der Waals surface area (Å²) in [6, 6.07) is 9.69. The Bertz CT molecular complexity index is 869. The molecule has 0 spiro atoms. The molecule has 0 atom stereocenters. The third-order valence-corrected chi connectivity index (χ3v) is 4.68. The maximum Gasteiger partial charge on any atom is 0.410 e. The Morgan fingerprint density at radius 1 is 1.11 bits per heavy atom. The van der Waals surface area contributed by atoms with Gasteiger partial charge in [0.15, 0.2) is 0 Å². The maximum absolute atomic E-state index is 12.4. The summed E-state index contributed by atoms with van der Waals surface area (Å²) in [5.41, 5.74) is 4.14. The normalized spacial score (nSPS) is 14.2. The van der Waals surface area contributed by atoms with Gasteiger partial charge in [-0.1, -0.05) is 18.2 Å². The third-order valence-electron chi connectivity index (χ3n) is 4.68. The first-order chi connectivity index (χ1) is 13.2. The number of fused-ring (bicyclic) bond motifs is 1. The highest BCUT2D eigenvalue weighted by Crippen LogP contribution is 2.21. The monoisotopic (exact) mass is 382 g/mol. The fourth-order valence-corrected chi connectivity index (χ4v) is 3.26. The summed E-state index contributed by atoms with van der Waals surface area (Å²) in [6.07, 6.45) is 3.36. The first-order valence-electron chi connectivity index (χ1n) is 9.48. The Morgan fingerprint density at radius 2 is 1.82 bits per heavy atom. The zero-order chi connectivity index (χ0) is 20.3. The van der Waals surface area contributed by atoms with Crippen LogP contribution in [0.15, 0.2) is 36.5 Å². The number of pyridine rings is 1. The van der Waals surface area contributed by atoms with Crippen LogP contribution in [0.3, 0.4) is 0 Å². The standard InChI is InChI=1S/C22H26N2O4/c1-22(2,3)28-21(27)24-10-8-16-5-4-15(12-17(16)9-11-24)13-19-7-6-18(14-23-19)20(25)26/h4-7,12,14H,8-11,13H2,1-3H3,(H,25,26). The fraction of sp³-hybridized carbons (Fsp3) is 0.409. The van der Waals surface area contributed by atoms with E-state index in [1.165, 1.54) is 17.3 Å². The minimum Gasteiger partial charge on any atom is -0.478 e. The Hall–Kier alpha value is -2.89. The van der Waals surface area contributed by atoms with Crippen LogP contribution < -0.4 is 0 Å². The molecule has 28 heavy (non-hydrogen) atoms. The van der Waals surface area contributed by atoms with E-state index in [9.17, 15) is 9.59 Å². The number of aromatic carboxylic acids is 1. The Morgan fingerprint density at radius 3 is 2.43 bits per heavy atom. The van der Waals surface area contributed by atoms with Gasteiger partial charge in [-0.05, 0) is 62.4 Å². The average Bonchev–Trinajstić information content (AvgIpc) is 2.83. The van der Waals surface area contributed by atoms with Gasteiger partial charge in [0.1, 0.15) is 5.60 Å². The fourth-order valence-electron chi connectivity index (χ4n) is 3.26. The Labute approximate surface area is 165 Å². The molecule has 1 amide bonds.